The summed E-state index contributed by atoms with van der Waals surface area (Å²) in [7, 11) is 0. The second kappa shape index (κ2) is 8.06. The van der Waals surface area contributed by atoms with Gasteiger partial charge in [0.1, 0.15) is 17.2 Å². The van der Waals surface area contributed by atoms with Crippen LogP contribution in [0.3, 0.4) is 0 Å². The van der Waals surface area contributed by atoms with Crippen LogP contribution in [0.4, 0.5) is 0 Å². The summed E-state index contributed by atoms with van der Waals surface area (Å²) < 4.78 is 11.4. The van der Waals surface area contributed by atoms with Gasteiger partial charge < -0.3 is 14.4 Å². The van der Waals surface area contributed by atoms with Crippen molar-refractivity contribution in [3.05, 3.63) is 54.6 Å². The van der Waals surface area contributed by atoms with Crippen molar-refractivity contribution >= 4 is 5.91 Å². The first-order chi connectivity index (χ1) is 12.1. The van der Waals surface area contributed by atoms with Gasteiger partial charge in [-0.3, -0.25) is 4.79 Å². The zero-order valence-corrected chi connectivity index (χ0v) is 14.9. The molecule has 3 rings (SSSR count). The van der Waals surface area contributed by atoms with Gasteiger partial charge in [0, 0.05) is 12.1 Å². The molecule has 1 saturated heterocycles. The molecule has 1 fully saturated rings. The van der Waals surface area contributed by atoms with Gasteiger partial charge in [0.05, 0.1) is 0 Å². The van der Waals surface area contributed by atoms with Crippen LogP contribution in [-0.4, -0.2) is 29.5 Å². The van der Waals surface area contributed by atoms with Crippen molar-refractivity contribution < 1.29 is 14.3 Å². The number of benzene rings is 2. The van der Waals surface area contributed by atoms with Gasteiger partial charge in [0.2, 0.25) is 0 Å². The molecule has 0 N–H and O–H groups in total. The molecular weight excluding hydrogens is 314 g/mol. The highest BCUT2D eigenvalue weighted by molar-refractivity contribution is 5.78. The number of rotatable bonds is 5. The molecule has 4 nitrogen and oxygen atoms in total. The Kier molecular flexibility index (Phi) is 5.59. The molecule has 1 heterocycles. The summed E-state index contributed by atoms with van der Waals surface area (Å²) in [5.41, 5.74) is 0. The van der Waals surface area contributed by atoms with Gasteiger partial charge in [-0.15, -0.1) is 0 Å². The monoisotopic (exact) mass is 339 g/mol. The Balaban J connectivity index is 1.54. The van der Waals surface area contributed by atoms with E-state index in [-0.39, 0.29) is 12.5 Å². The summed E-state index contributed by atoms with van der Waals surface area (Å²) in [6.07, 6.45) is 3.33. The maximum absolute atomic E-state index is 12.5. The van der Waals surface area contributed by atoms with Crippen molar-refractivity contribution in [1.82, 2.24) is 4.90 Å². The molecule has 1 aliphatic heterocycles. The van der Waals surface area contributed by atoms with Crippen LogP contribution < -0.4 is 9.47 Å². The van der Waals surface area contributed by atoms with Gasteiger partial charge in [0.15, 0.2) is 6.61 Å². The predicted molar refractivity (Wildman–Crippen MR) is 98.1 cm³/mol. The highest BCUT2D eigenvalue weighted by atomic mass is 16.5. The van der Waals surface area contributed by atoms with E-state index in [1.54, 1.807) is 0 Å². The molecule has 0 unspecified atom stereocenters. The molecule has 2 aromatic rings. The molecule has 0 aliphatic carbocycles. The Bertz CT molecular complexity index is 674. The lowest BCUT2D eigenvalue weighted by Crippen LogP contribution is -2.49. The number of para-hydroxylation sites is 1. The largest absolute Gasteiger partial charge is 0.484 e. The Morgan fingerprint density at radius 3 is 2.12 bits per heavy atom. The van der Waals surface area contributed by atoms with Crippen molar-refractivity contribution in [2.45, 2.75) is 45.2 Å². The topological polar surface area (TPSA) is 38.8 Å². The van der Waals surface area contributed by atoms with Gasteiger partial charge in [-0.1, -0.05) is 18.2 Å². The minimum absolute atomic E-state index is 0.0595. The Morgan fingerprint density at radius 2 is 1.48 bits per heavy atom. The fourth-order valence-corrected chi connectivity index (χ4v) is 3.36. The van der Waals surface area contributed by atoms with Crippen LogP contribution >= 0.6 is 0 Å². The van der Waals surface area contributed by atoms with Crippen LogP contribution in [0.25, 0.3) is 0 Å². The molecule has 25 heavy (non-hydrogen) atoms. The molecule has 0 aromatic heterocycles. The van der Waals surface area contributed by atoms with Gasteiger partial charge >= 0.3 is 0 Å². The van der Waals surface area contributed by atoms with Gasteiger partial charge in [-0.05, 0) is 69.5 Å². The van der Waals surface area contributed by atoms with E-state index in [2.05, 4.69) is 13.8 Å². The summed E-state index contributed by atoms with van der Waals surface area (Å²) in [5.74, 6) is 2.26. The first kappa shape index (κ1) is 17.3. The van der Waals surface area contributed by atoms with Crippen LogP contribution in [0, 0.1) is 0 Å². The standard InChI is InChI=1S/C21H25NO3/c1-16-7-6-8-17(2)22(16)21(23)15-24-18-11-13-20(14-12-18)25-19-9-4-3-5-10-19/h3-5,9-14,16-17H,6-8,15H2,1-2H3/t16-,17+. The van der Waals surface area contributed by atoms with Crippen molar-refractivity contribution in [3.8, 4) is 17.2 Å². The van der Waals surface area contributed by atoms with Crippen LogP contribution in [-0.2, 0) is 4.79 Å². The molecule has 4 heteroatoms. The minimum atomic E-state index is 0.0595. The van der Waals surface area contributed by atoms with E-state index in [1.165, 1.54) is 6.42 Å². The lowest BCUT2D eigenvalue weighted by atomic mass is 9.97. The smallest absolute Gasteiger partial charge is 0.260 e. The van der Waals surface area contributed by atoms with E-state index in [4.69, 9.17) is 9.47 Å². The van der Waals surface area contributed by atoms with E-state index < -0.39 is 0 Å². The molecule has 0 bridgehead atoms. The molecule has 0 radical (unpaired) electrons. The summed E-state index contributed by atoms with van der Waals surface area (Å²) in [5, 5.41) is 0. The average molecular weight is 339 g/mol. The fourth-order valence-electron chi connectivity index (χ4n) is 3.36. The third-order valence-electron chi connectivity index (χ3n) is 4.65. The van der Waals surface area contributed by atoms with E-state index >= 15 is 0 Å². The fraction of sp³-hybridized carbons (Fsp3) is 0.381. The minimum Gasteiger partial charge on any atom is -0.484 e. The van der Waals surface area contributed by atoms with Crippen molar-refractivity contribution in [2.75, 3.05) is 6.61 Å². The summed E-state index contributed by atoms with van der Waals surface area (Å²) in [6.45, 7) is 4.31. The molecular formula is C21H25NO3. The summed E-state index contributed by atoms with van der Waals surface area (Å²) in [4.78, 5) is 14.4. The first-order valence-corrected chi connectivity index (χ1v) is 8.90. The summed E-state index contributed by atoms with van der Waals surface area (Å²) >= 11 is 0. The molecule has 1 amide bonds. The Labute approximate surface area is 149 Å². The molecule has 0 spiro atoms. The maximum atomic E-state index is 12.5. The van der Waals surface area contributed by atoms with Gasteiger partial charge in [0.25, 0.3) is 5.91 Å². The van der Waals surface area contributed by atoms with Crippen molar-refractivity contribution in [2.24, 2.45) is 0 Å². The van der Waals surface area contributed by atoms with Crippen LogP contribution in [0.1, 0.15) is 33.1 Å². The molecule has 0 saturated carbocycles. The SMILES string of the molecule is C[C@@H]1CCC[C@H](C)N1C(=O)COc1ccc(Oc2ccccc2)cc1. The lowest BCUT2D eigenvalue weighted by Gasteiger charge is -2.38. The third-order valence-corrected chi connectivity index (χ3v) is 4.65. The summed E-state index contributed by atoms with van der Waals surface area (Å²) in [6, 6.07) is 17.6. The van der Waals surface area contributed by atoms with E-state index in [0.717, 1.165) is 24.3 Å². The number of hydrogen-bond acceptors (Lipinski definition) is 3. The number of amides is 1. The number of hydrogen-bond donors (Lipinski definition) is 0. The Morgan fingerprint density at radius 1 is 0.920 bits per heavy atom. The Hall–Kier alpha value is -2.49. The van der Waals surface area contributed by atoms with Gasteiger partial charge in [-0.2, -0.15) is 0 Å². The maximum Gasteiger partial charge on any atom is 0.260 e. The second-order valence-electron chi connectivity index (χ2n) is 6.61. The first-order valence-electron chi connectivity index (χ1n) is 8.90. The number of likely N-dealkylation sites (tertiary alicyclic amines) is 1. The van der Waals surface area contributed by atoms with E-state index in [9.17, 15) is 4.79 Å². The van der Waals surface area contributed by atoms with Crippen molar-refractivity contribution in [3.63, 3.8) is 0 Å². The van der Waals surface area contributed by atoms with Gasteiger partial charge in [-0.25, -0.2) is 0 Å². The van der Waals surface area contributed by atoms with E-state index in [0.29, 0.717) is 17.8 Å². The van der Waals surface area contributed by atoms with Crippen LogP contribution in [0.5, 0.6) is 17.2 Å². The quantitative estimate of drug-likeness (QED) is 0.796. The number of piperidine rings is 1. The second-order valence-corrected chi connectivity index (χ2v) is 6.61. The predicted octanol–water partition coefficient (Wildman–Crippen LogP) is 4.65. The molecule has 2 atom stereocenters. The molecule has 132 valence electrons. The highest BCUT2D eigenvalue weighted by Gasteiger charge is 2.28. The molecule has 2 aromatic carbocycles. The highest BCUT2D eigenvalue weighted by Crippen LogP contribution is 2.25. The average Bonchev–Trinajstić information content (AvgIpc) is 2.62. The number of ether oxygens (including phenoxy) is 2. The number of carbonyl (C=O) groups excluding carboxylic acids is 1. The van der Waals surface area contributed by atoms with Crippen LogP contribution in [0.15, 0.2) is 54.6 Å². The molecule has 1 aliphatic rings. The number of nitrogens with zero attached hydrogens (tertiary/aromatic N) is 1. The third kappa shape index (κ3) is 4.53. The number of carbonyl (C=O) groups is 1. The van der Waals surface area contributed by atoms with Crippen molar-refractivity contribution in [1.29, 1.82) is 0 Å². The van der Waals surface area contributed by atoms with Crippen LogP contribution in [0.2, 0.25) is 0 Å². The lowest BCUT2D eigenvalue weighted by molar-refractivity contribution is -0.139. The normalized spacial score (nSPS) is 20.2. The zero-order valence-electron chi connectivity index (χ0n) is 14.9. The van der Waals surface area contributed by atoms with E-state index in [1.807, 2.05) is 59.5 Å². The zero-order chi connectivity index (χ0) is 17.6.